The lowest BCUT2D eigenvalue weighted by atomic mass is 9.81. The van der Waals surface area contributed by atoms with Crippen molar-refractivity contribution in [1.29, 1.82) is 0 Å². The number of aromatic nitrogens is 1. The molecule has 116 valence electrons. The van der Waals surface area contributed by atoms with Crippen LogP contribution in [0.1, 0.15) is 39.5 Å². The first-order valence-corrected chi connectivity index (χ1v) is 8.16. The third kappa shape index (κ3) is 4.81. The molecular formula is C17H27N3O. The van der Waals surface area contributed by atoms with E-state index in [1.54, 1.807) is 12.4 Å². The molecule has 0 unspecified atom stereocenters. The minimum atomic E-state index is 0.169. The largest absolute Gasteiger partial charge is 0.326 e. The Morgan fingerprint density at radius 3 is 2.38 bits per heavy atom. The van der Waals surface area contributed by atoms with Gasteiger partial charge in [0.15, 0.2) is 0 Å². The normalized spacial score (nSPS) is 22.2. The molecule has 1 amide bonds. The summed E-state index contributed by atoms with van der Waals surface area (Å²) in [6.07, 6.45) is 7.79. The van der Waals surface area contributed by atoms with Gasteiger partial charge in [0.05, 0.1) is 0 Å². The smallest absolute Gasteiger partial charge is 0.227 e. The molecule has 1 fully saturated rings. The molecule has 1 heterocycles. The van der Waals surface area contributed by atoms with Gasteiger partial charge < -0.3 is 10.2 Å². The van der Waals surface area contributed by atoms with Crippen molar-refractivity contribution in [2.45, 2.75) is 39.5 Å². The zero-order valence-electron chi connectivity index (χ0n) is 13.2. The second-order valence-corrected chi connectivity index (χ2v) is 5.93. The van der Waals surface area contributed by atoms with E-state index in [2.05, 4.69) is 29.0 Å². The van der Waals surface area contributed by atoms with E-state index in [0.717, 1.165) is 37.5 Å². The molecule has 2 rings (SSSR count). The van der Waals surface area contributed by atoms with Gasteiger partial charge in [-0.05, 0) is 56.8 Å². The lowest BCUT2D eigenvalue weighted by molar-refractivity contribution is -0.121. The van der Waals surface area contributed by atoms with Gasteiger partial charge in [-0.2, -0.15) is 0 Å². The lowest BCUT2D eigenvalue weighted by Crippen LogP contribution is -2.33. The molecule has 1 aromatic rings. The molecule has 21 heavy (non-hydrogen) atoms. The van der Waals surface area contributed by atoms with Crippen LogP contribution in [-0.2, 0) is 4.79 Å². The van der Waals surface area contributed by atoms with Gasteiger partial charge in [0.2, 0.25) is 5.91 Å². The highest BCUT2D eigenvalue weighted by Gasteiger charge is 2.26. The van der Waals surface area contributed by atoms with Crippen molar-refractivity contribution in [3.63, 3.8) is 0 Å². The Labute approximate surface area is 127 Å². The Bertz CT molecular complexity index is 423. The van der Waals surface area contributed by atoms with Crippen LogP contribution >= 0.6 is 0 Å². The summed E-state index contributed by atoms with van der Waals surface area (Å²) in [7, 11) is 0. The van der Waals surface area contributed by atoms with Crippen LogP contribution in [-0.4, -0.2) is 35.4 Å². The Morgan fingerprint density at radius 1 is 1.19 bits per heavy atom. The topological polar surface area (TPSA) is 45.2 Å². The summed E-state index contributed by atoms with van der Waals surface area (Å²) in [4.78, 5) is 18.7. The van der Waals surface area contributed by atoms with Crippen LogP contribution in [0.25, 0.3) is 0 Å². The van der Waals surface area contributed by atoms with E-state index in [4.69, 9.17) is 0 Å². The predicted octanol–water partition coefficient (Wildman–Crippen LogP) is 3.17. The maximum atomic E-state index is 12.3. The van der Waals surface area contributed by atoms with Gasteiger partial charge in [-0.1, -0.05) is 13.8 Å². The van der Waals surface area contributed by atoms with E-state index in [-0.39, 0.29) is 11.8 Å². The van der Waals surface area contributed by atoms with Crippen molar-refractivity contribution in [3.05, 3.63) is 24.5 Å². The molecular weight excluding hydrogens is 262 g/mol. The Hall–Kier alpha value is -1.42. The van der Waals surface area contributed by atoms with Crippen LogP contribution in [0.15, 0.2) is 24.5 Å². The molecule has 4 heteroatoms. The molecule has 0 radical (unpaired) electrons. The standard InChI is InChI=1S/C17H27N3O/c1-3-20(4-2)13-14-5-7-15(8-6-14)17(21)19-16-9-11-18-12-10-16/h9-12,14-15H,3-8,13H2,1-2H3,(H,18,19,21). The first-order valence-electron chi connectivity index (χ1n) is 8.16. The van der Waals surface area contributed by atoms with Crippen molar-refractivity contribution in [2.75, 3.05) is 25.0 Å². The molecule has 0 bridgehead atoms. The minimum absolute atomic E-state index is 0.169. The highest BCUT2D eigenvalue weighted by Crippen LogP contribution is 2.30. The van der Waals surface area contributed by atoms with Crippen LogP contribution in [0.5, 0.6) is 0 Å². The van der Waals surface area contributed by atoms with E-state index < -0.39 is 0 Å². The monoisotopic (exact) mass is 289 g/mol. The molecule has 1 aliphatic carbocycles. The first-order chi connectivity index (χ1) is 10.2. The zero-order valence-corrected chi connectivity index (χ0v) is 13.2. The Morgan fingerprint density at radius 2 is 1.81 bits per heavy atom. The maximum absolute atomic E-state index is 12.3. The van der Waals surface area contributed by atoms with Crippen LogP contribution < -0.4 is 5.32 Å². The highest BCUT2D eigenvalue weighted by atomic mass is 16.1. The highest BCUT2D eigenvalue weighted by molar-refractivity contribution is 5.92. The van der Waals surface area contributed by atoms with Gasteiger partial charge in [0, 0.05) is 30.5 Å². The molecule has 1 N–H and O–H groups in total. The van der Waals surface area contributed by atoms with E-state index in [9.17, 15) is 4.79 Å². The zero-order chi connectivity index (χ0) is 15.1. The number of nitrogens with zero attached hydrogens (tertiary/aromatic N) is 2. The molecule has 0 atom stereocenters. The summed E-state index contributed by atoms with van der Waals surface area (Å²) in [5, 5.41) is 3.00. The summed E-state index contributed by atoms with van der Waals surface area (Å²) >= 11 is 0. The van der Waals surface area contributed by atoms with Crippen molar-refractivity contribution < 1.29 is 4.79 Å². The fourth-order valence-electron chi connectivity index (χ4n) is 3.13. The number of hydrogen-bond acceptors (Lipinski definition) is 3. The Balaban J connectivity index is 1.77. The van der Waals surface area contributed by atoms with Gasteiger partial charge in [0.1, 0.15) is 0 Å². The number of nitrogens with one attached hydrogen (secondary N) is 1. The number of amides is 1. The third-order valence-electron chi connectivity index (χ3n) is 4.58. The van der Waals surface area contributed by atoms with Crippen LogP contribution in [0.2, 0.25) is 0 Å². The molecule has 1 aliphatic rings. The number of carbonyl (C=O) groups excluding carboxylic acids is 1. The number of anilines is 1. The van der Waals surface area contributed by atoms with Gasteiger partial charge >= 0.3 is 0 Å². The number of pyridine rings is 1. The fraction of sp³-hybridized carbons (Fsp3) is 0.647. The quantitative estimate of drug-likeness (QED) is 0.875. The van der Waals surface area contributed by atoms with Crippen LogP contribution in [0, 0.1) is 11.8 Å². The van der Waals surface area contributed by atoms with Crippen molar-refractivity contribution >= 4 is 11.6 Å². The predicted molar refractivity (Wildman–Crippen MR) is 86.1 cm³/mol. The molecule has 0 aromatic carbocycles. The van der Waals surface area contributed by atoms with E-state index in [0.29, 0.717) is 0 Å². The van der Waals surface area contributed by atoms with Crippen molar-refractivity contribution in [2.24, 2.45) is 11.8 Å². The summed E-state index contributed by atoms with van der Waals surface area (Å²) in [6.45, 7) is 7.87. The minimum Gasteiger partial charge on any atom is -0.326 e. The average Bonchev–Trinajstić information content (AvgIpc) is 2.54. The van der Waals surface area contributed by atoms with Gasteiger partial charge in [0.25, 0.3) is 0 Å². The van der Waals surface area contributed by atoms with Gasteiger partial charge in [-0.3, -0.25) is 9.78 Å². The summed E-state index contributed by atoms with van der Waals surface area (Å²) in [6, 6.07) is 3.67. The van der Waals surface area contributed by atoms with Crippen LogP contribution in [0.4, 0.5) is 5.69 Å². The van der Waals surface area contributed by atoms with E-state index in [1.165, 1.54) is 19.4 Å². The second-order valence-electron chi connectivity index (χ2n) is 5.93. The number of rotatable bonds is 6. The fourth-order valence-corrected chi connectivity index (χ4v) is 3.13. The summed E-state index contributed by atoms with van der Waals surface area (Å²) in [5.41, 5.74) is 0.847. The van der Waals surface area contributed by atoms with Gasteiger partial charge in [-0.15, -0.1) is 0 Å². The molecule has 0 aliphatic heterocycles. The Kier molecular flexibility index (Phi) is 6.18. The SMILES string of the molecule is CCN(CC)CC1CCC(C(=O)Nc2ccncc2)CC1. The summed E-state index contributed by atoms with van der Waals surface area (Å²) < 4.78 is 0. The van der Waals surface area contributed by atoms with Gasteiger partial charge in [-0.25, -0.2) is 0 Å². The number of carbonyl (C=O) groups is 1. The average molecular weight is 289 g/mol. The molecule has 1 aromatic heterocycles. The van der Waals surface area contributed by atoms with Crippen molar-refractivity contribution in [3.8, 4) is 0 Å². The first kappa shape index (κ1) is 16.0. The van der Waals surface area contributed by atoms with E-state index in [1.807, 2.05) is 12.1 Å². The maximum Gasteiger partial charge on any atom is 0.227 e. The molecule has 0 saturated heterocycles. The molecule has 4 nitrogen and oxygen atoms in total. The summed E-state index contributed by atoms with van der Waals surface area (Å²) in [5.74, 6) is 1.10. The molecule has 0 spiro atoms. The lowest BCUT2D eigenvalue weighted by Gasteiger charge is -2.31. The number of hydrogen-bond donors (Lipinski definition) is 1. The van der Waals surface area contributed by atoms with Crippen molar-refractivity contribution in [1.82, 2.24) is 9.88 Å². The van der Waals surface area contributed by atoms with Crippen LogP contribution in [0.3, 0.4) is 0 Å². The third-order valence-corrected chi connectivity index (χ3v) is 4.58. The molecule has 1 saturated carbocycles. The van der Waals surface area contributed by atoms with E-state index >= 15 is 0 Å². The second kappa shape index (κ2) is 8.13.